The van der Waals surface area contributed by atoms with Crippen molar-refractivity contribution in [3.8, 4) is 11.3 Å². The van der Waals surface area contributed by atoms with E-state index in [1.807, 2.05) is 37.3 Å². The highest BCUT2D eigenvalue weighted by atomic mass is 19.1. The van der Waals surface area contributed by atoms with Crippen LogP contribution in [0, 0.1) is 5.82 Å². The second kappa shape index (κ2) is 7.27. The molecule has 5 nitrogen and oxygen atoms in total. The maximum atomic E-state index is 13.1. The zero-order chi connectivity index (χ0) is 17.8. The van der Waals surface area contributed by atoms with E-state index in [1.54, 1.807) is 0 Å². The van der Waals surface area contributed by atoms with Crippen LogP contribution in [0.15, 0.2) is 59.1 Å². The molecular formula is C19H17FN2O3. The minimum atomic E-state index is -1.14. The van der Waals surface area contributed by atoms with Gasteiger partial charge in [0.1, 0.15) is 17.1 Å². The van der Waals surface area contributed by atoms with Crippen LogP contribution >= 0.6 is 0 Å². The lowest BCUT2D eigenvalue weighted by Gasteiger charge is -2.11. The Morgan fingerprint density at radius 1 is 1.20 bits per heavy atom. The molecule has 1 aromatic heterocycles. The second-order valence-electron chi connectivity index (χ2n) is 5.67. The number of carbonyl (C=O) groups is 1. The topological polar surface area (TPSA) is 75.4 Å². The maximum absolute atomic E-state index is 13.1. The van der Waals surface area contributed by atoms with Crippen molar-refractivity contribution in [1.29, 1.82) is 0 Å². The van der Waals surface area contributed by atoms with Gasteiger partial charge in [0.15, 0.2) is 5.76 Å². The van der Waals surface area contributed by atoms with Crippen LogP contribution in [0.1, 0.15) is 34.6 Å². The highest BCUT2D eigenvalue weighted by Crippen LogP contribution is 2.29. The van der Waals surface area contributed by atoms with Gasteiger partial charge in [-0.2, -0.15) is 0 Å². The quantitative estimate of drug-likeness (QED) is 0.708. The molecule has 0 bridgehead atoms. The normalized spacial score (nSPS) is 12.1. The predicted molar refractivity (Wildman–Crippen MR) is 90.6 cm³/mol. The van der Waals surface area contributed by atoms with Crippen LogP contribution in [-0.4, -0.2) is 16.2 Å². The van der Waals surface area contributed by atoms with E-state index in [9.17, 15) is 14.3 Å². The van der Waals surface area contributed by atoms with Gasteiger partial charge in [-0.1, -0.05) is 35.5 Å². The van der Waals surface area contributed by atoms with Gasteiger partial charge in [-0.15, -0.1) is 0 Å². The number of carboxylic acids is 1. The van der Waals surface area contributed by atoms with Crippen LogP contribution in [0.4, 0.5) is 4.39 Å². The van der Waals surface area contributed by atoms with Gasteiger partial charge >= 0.3 is 5.97 Å². The van der Waals surface area contributed by atoms with Crippen LogP contribution < -0.4 is 5.32 Å². The molecule has 0 fully saturated rings. The first-order chi connectivity index (χ1) is 12.1. The Morgan fingerprint density at radius 2 is 1.88 bits per heavy atom. The molecule has 1 heterocycles. The van der Waals surface area contributed by atoms with Crippen molar-refractivity contribution in [3.05, 3.63) is 77.3 Å². The van der Waals surface area contributed by atoms with E-state index in [0.29, 0.717) is 12.1 Å². The molecule has 0 aliphatic carbocycles. The van der Waals surface area contributed by atoms with Crippen LogP contribution in [0.5, 0.6) is 0 Å². The highest BCUT2D eigenvalue weighted by molar-refractivity contribution is 5.95. The van der Waals surface area contributed by atoms with Crippen molar-refractivity contribution in [2.24, 2.45) is 0 Å². The van der Waals surface area contributed by atoms with E-state index >= 15 is 0 Å². The third-order valence-corrected chi connectivity index (χ3v) is 3.90. The minimum Gasteiger partial charge on any atom is -0.477 e. The Morgan fingerprint density at radius 3 is 2.52 bits per heavy atom. The molecule has 0 aliphatic heterocycles. The molecule has 0 saturated heterocycles. The lowest BCUT2D eigenvalue weighted by molar-refractivity contribution is 0.0694. The molecular weight excluding hydrogens is 323 g/mol. The number of aromatic nitrogens is 1. The number of hydrogen-bond acceptors (Lipinski definition) is 4. The summed E-state index contributed by atoms with van der Waals surface area (Å²) in [5.74, 6) is -1.30. The van der Waals surface area contributed by atoms with Gasteiger partial charge in [-0.05, 0) is 36.8 Å². The Bertz CT molecular complexity index is 860. The third-order valence-electron chi connectivity index (χ3n) is 3.90. The number of nitrogens with zero attached hydrogens (tertiary/aromatic N) is 1. The van der Waals surface area contributed by atoms with Crippen molar-refractivity contribution in [2.75, 3.05) is 0 Å². The van der Waals surface area contributed by atoms with Gasteiger partial charge in [0.25, 0.3) is 0 Å². The lowest BCUT2D eigenvalue weighted by atomic mass is 10.0. The van der Waals surface area contributed by atoms with Crippen LogP contribution in [-0.2, 0) is 6.54 Å². The summed E-state index contributed by atoms with van der Waals surface area (Å²) in [7, 11) is 0. The third kappa shape index (κ3) is 3.75. The number of aromatic carboxylic acids is 1. The molecule has 3 aromatic rings. The average Bonchev–Trinajstić information content (AvgIpc) is 3.06. The van der Waals surface area contributed by atoms with Gasteiger partial charge in [0, 0.05) is 12.1 Å². The summed E-state index contributed by atoms with van der Waals surface area (Å²) in [6, 6.07) is 14.9. The van der Waals surface area contributed by atoms with E-state index in [2.05, 4.69) is 10.5 Å². The van der Waals surface area contributed by atoms with E-state index in [0.717, 1.165) is 5.56 Å². The SMILES string of the molecule is C[C@@H](NCc1ccccc1)c1onc(-c2ccc(F)cc2)c1C(=O)O. The molecule has 0 saturated carbocycles. The molecule has 0 unspecified atom stereocenters. The van der Waals surface area contributed by atoms with Gasteiger partial charge in [-0.25, -0.2) is 9.18 Å². The van der Waals surface area contributed by atoms with Crippen molar-refractivity contribution in [1.82, 2.24) is 10.5 Å². The molecule has 2 aromatic carbocycles. The summed E-state index contributed by atoms with van der Waals surface area (Å²) in [5.41, 5.74) is 1.74. The zero-order valence-electron chi connectivity index (χ0n) is 13.6. The molecule has 2 N–H and O–H groups in total. The van der Waals surface area contributed by atoms with Gasteiger partial charge in [0.05, 0.1) is 6.04 Å². The van der Waals surface area contributed by atoms with Crippen molar-refractivity contribution >= 4 is 5.97 Å². The number of carboxylic acid groups (broad SMARTS) is 1. The van der Waals surface area contributed by atoms with Gasteiger partial charge in [-0.3, -0.25) is 0 Å². The predicted octanol–water partition coefficient (Wildman–Crippen LogP) is 4.03. The Labute approximate surface area is 144 Å². The number of nitrogens with one attached hydrogen (secondary N) is 1. The lowest BCUT2D eigenvalue weighted by Crippen LogP contribution is -2.19. The Hall–Kier alpha value is -2.99. The van der Waals surface area contributed by atoms with E-state index in [1.165, 1.54) is 24.3 Å². The smallest absolute Gasteiger partial charge is 0.341 e. The summed E-state index contributed by atoms with van der Waals surface area (Å²) in [6.45, 7) is 2.37. The summed E-state index contributed by atoms with van der Waals surface area (Å²) in [6.07, 6.45) is 0. The van der Waals surface area contributed by atoms with E-state index in [4.69, 9.17) is 4.52 Å². The molecule has 3 rings (SSSR count). The molecule has 6 heteroatoms. The Balaban J connectivity index is 1.86. The summed E-state index contributed by atoms with van der Waals surface area (Å²) in [5, 5.41) is 16.7. The number of benzene rings is 2. The van der Waals surface area contributed by atoms with E-state index in [-0.39, 0.29) is 23.1 Å². The van der Waals surface area contributed by atoms with Crippen molar-refractivity contribution < 1.29 is 18.8 Å². The average molecular weight is 340 g/mol. The first-order valence-electron chi connectivity index (χ1n) is 7.82. The zero-order valence-corrected chi connectivity index (χ0v) is 13.6. The fraction of sp³-hybridized carbons (Fsp3) is 0.158. The molecule has 0 aliphatic rings. The fourth-order valence-electron chi connectivity index (χ4n) is 2.57. The molecule has 1 atom stereocenters. The fourth-order valence-corrected chi connectivity index (χ4v) is 2.57. The van der Waals surface area contributed by atoms with Crippen LogP contribution in [0.2, 0.25) is 0 Å². The first-order valence-corrected chi connectivity index (χ1v) is 7.82. The van der Waals surface area contributed by atoms with Crippen molar-refractivity contribution in [3.63, 3.8) is 0 Å². The van der Waals surface area contributed by atoms with Gasteiger partial charge in [0.2, 0.25) is 0 Å². The number of rotatable bonds is 6. The number of hydrogen-bond donors (Lipinski definition) is 2. The van der Waals surface area contributed by atoms with Gasteiger partial charge < -0.3 is 14.9 Å². The summed E-state index contributed by atoms with van der Waals surface area (Å²) in [4.78, 5) is 11.7. The largest absolute Gasteiger partial charge is 0.477 e. The highest BCUT2D eigenvalue weighted by Gasteiger charge is 2.27. The van der Waals surface area contributed by atoms with Crippen LogP contribution in [0.3, 0.4) is 0 Å². The molecule has 0 amide bonds. The monoisotopic (exact) mass is 340 g/mol. The summed E-state index contributed by atoms with van der Waals surface area (Å²) >= 11 is 0. The Kier molecular flexibility index (Phi) is 4.90. The second-order valence-corrected chi connectivity index (χ2v) is 5.67. The minimum absolute atomic E-state index is 0.0142. The molecule has 128 valence electrons. The molecule has 0 spiro atoms. The number of halogens is 1. The van der Waals surface area contributed by atoms with Crippen LogP contribution in [0.25, 0.3) is 11.3 Å². The summed E-state index contributed by atoms with van der Waals surface area (Å²) < 4.78 is 18.4. The van der Waals surface area contributed by atoms with E-state index < -0.39 is 11.8 Å². The maximum Gasteiger partial charge on any atom is 0.341 e. The first kappa shape index (κ1) is 16.9. The van der Waals surface area contributed by atoms with Crippen molar-refractivity contribution in [2.45, 2.75) is 19.5 Å². The standard InChI is InChI=1S/C19H17FN2O3/c1-12(21-11-13-5-3-2-4-6-13)18-16(19(23)24)17(22-25-18)14-7-9-15(20)10-8-14/h2-10,12,21H,11H2,1H3,(H,23,24)/t12-/m1/s1. The molecule has 25 heavy (non-hydrogen) atoms. The molecule has 0 radical (unpaired) electrons.